The van der Waals surface area contributed by atoms with Crippen molar-refractivity contribution in [2.75, 3.05) is 38.1 Å². The molecule has 2 unspecified atom stereocenters. The lowest BCUT2D eigenvalue weighted by Crippen LogP contribution is -2.43. The second-order valence-electron chi connectivity index (χ2n) is 7.06. The smallest absolute Gasteiger partial charge is 0.317 e. The lowest BCUT2D eigenvalue weighted by molar-refractivity contribution is -0.138. The molecule has 1 N–H and O–H groups in total. The van der Waals surface area contributed by atoms with Crippen molar-refractivity contribution >= 4 is 30.0 Å². The zero-order chi connectivity index (χ0) is 17.8. The van der Waals surface area contributed by atoms with E-state index in [4.69, 9.17) is 5.11 Å². The van der Waals surface area contributed by atoms with E-state index in [0.717, 1.165) is 51.0 Å². The first-order valence-electron chi connectivity index (χ1n) is 9.09. The molecule has 0 saturated carbocycles. The highest BCUT2D eigenvalue weighted by Crippen LogP contribution is 2.26. The Bertz CT molecular complexity index is 613. The number of carbonyl (C=O) groups excluding carboxylic acids is 1. The first kappa shape index (κ1) is 20.7. The molecule has 2 atom stereocenters. The maximum absolute atomic E-state index is 12.9. The number of likely N-dealkylation sites (tertiary alicyclic amines) is 1. The molecule has 0 radical (unpaired) electrons. The van der Waals surface area contributed by atoms with Crippen LogP contribution in [0, 0.1) is 0 Å². The fourth-order valence-corrected chi connectivity index (χ4v) is 4.06. The summed E-state index contributed by atoms with van der Waals surface area (Å²) in [6.45, 7) is 2.62. The van der Waals surface area contributed by atoms with Crippen LogP contribution in [0.5, 0.6) is 0 Å². The minimum atomic E-state index is -0.784. The Kier molecular flexibility index (Phi) is 7.43. The third-order valence-electron chi connectivity index (χ3n) is 5.43. The molecule has 26 heavy (non-hydrogen) atoms. The fraction of sp³-hybridized carbons (Fsp3) is 0.579. The number of carboxylic acid groups (broad SMARTS) is 1. The van der Waals surface area contributed by atoms with Gasteiger partial charge in [0.05, 0.1) is 12.6 Å². The average Bonchev–Trinajstić information content (AvgIpc) is 2.82. The number of hydrogen-bond acceptors (Lipinski definition) is 4. The molecule has 1 aromatic rings. The number of halogens is 1. The van der Waals surface area contributed by atoms with Crippen LogP contribution in [0.3, 0.4) is 0 Å². The predicted octanol–water partition coefficient (Wildman–Crippen LogP) is 2.08. The van der Waals surface area contributed by atoms with Crippen LogP contribution in [0.15, 0.2) is 30.3 Å². The SMILES string of the molecule is CN(CC(=O)O)C1CCCN(C2CCN(c3ccccc3)C2=O)CC1.Cl. The van der Waals surface area contributed by atoms with Gasteiger partial charge in [-0.15, -0.1) is 12.4 Å². The summed E-state index contributed by atoms with van der Waals surface area (Å²) in [5.41, 5.74) is 0.976. The quantitative estimate of drug-likeness (QED) is 0.846. The van der Waals surface area contributed by atoms with Crippen molar-refractivity contribution in [2.45, 2.75) is 37.8 Å². The zero-order valence-corrected chi connectivity index (χ0v) is 16.0. The van der Waals surface area contributed by atoms with Gasteiger partial charge in [-0.05, 0) is 51.4 Å². The minimum absolute atomic E-state index is 0. The molecule has 2 saturated heterocycles. The summed E-state index contributed by atoms with van der Waals surface area (Å²) < 4.78 is 0. The molecule has 6 nitrogen and oxygen atoms in total. The van der Waals surface area contributed by atoms with Gasteiger partial charge < -0.3 is 10.0 Å². The zero-order valence-electron chi connectivity index (χ0n) is 15.2. The normalized spacial score (nSPS) is 24.4. The highest BCUT2D eigenvalue weighted by atomic mass is 35.5. The number of amides is 1. The van der Waals surface area contributed by atoms with Gasteiger partial charge in [0.2, 0.25) is 5.91 Å². The highest BCUT2D eigenvalue weighted by molar-refractivity contribution is 5.99. The van der Waals surface area contributed by atoms with E-state index in [1.807, 2.05) is 47.2 Å². The molecule has 1 amide bonds. The van der Waals surface area contributed by atoms with E-state index >= 15 is 0 Å². The molecule has 144 valence electrons. The lowest BCUT2D eigenvalue weighted by Gasteiger charge is -2.28. The van der Waals surface area contributed by atoms with Gasteiger partial charge in [0, 0.05) is 24.8 Å². The minimum Gasteiger partial charge on any atom is -0.480 e. The van der Waals surface area contributed by atoms with Crippen molar-refractivity contribution in [3.63, 3.8) is 0 Å². The monoisotopic (exact) mass is 381 g/mol. The Balaban J connectivity index is 0.00000243. The van der Waals surface area contributed by atoms with Gasteiger partial charge in [-0.3, -0.25) is 19.4 Å². The number of carbonyl (C=O) groups is 2. The van der Waals surface area contributed by atoms with Crippen molar-refractivity contribution in [1.29, 1.82) is 0 Å². The number of para-hydroxylation sites is 1. The number of hydrogen-bond donors (Lipinski definition) is 1. The number of anilines is 1. The second-order valence-corrected chi connectivity index (χ2v) is 7.06. The van der Waals surface area contributed by atoms with Gasteiger partial charge in [-0.25, -0.2) is 0 Å². The summed E-state index contributed by atoms with van der Waals surface area (Å²) in [4.78, 5) is 29.9. The number of carboxylic acids is 1. The van der Waals surface area contributed by atoms with Gasteiger partial charge in [0.15, 0.2) is 0 Å². The van der Waals surface area contributed by atoms with Gasteiger partial charge in [-0.1, -0.05) is 18.2 Å². The Morgan fingerprint density at radius 2 is 1.88 bits per heavy atom. The summed E-state index contributed by atoms with van der Waals surface area (Å²) in [5.74, 6) is -0.586. The maximum atomic E-state index is 12.9. The molecule has 0 aliphatic carbocycles. The van der Waals surface area contributed by atoms with Crippen LogP contribution in [0.2, 0.25) is 0 Å². The van der Waals surface area contributed by atoms with Crippen LogP contribution in [0.1, 0.15) is 25.7 Å². The van der Waals surface area contributed by atoms with Crippen LogP contribution in [0.4, 0.5) is 5.69 Å². The van der Waals surface area contributed by atoms with E-state index in [1.165, 1.54) is 0 Å². The van der Waals surface area contributed by atoms with Crippen molar-refractivity contribution in [1.82, 2.24) is 9.80 Å². The summed E-state index contributed by atoms with van der Waals surface area (Å²) >= 11 is 0. The number of rotatable bonds is 5. The Morgan fingerprint density at radius 3 is 2.58 bits per heavy atom. The molecule has 1 aromatic carbocycles. The van der Waals surface area contributed by atoms with Gasteiger partial charge >= 0.3 is 5.97 Å². The predicted molar refractivity (Wildman–Crippen MR) is 104 cm³/mol. The third-order valence-corrected chi connectivity index (χ3v) is 5.43. The molecule has 2 heterocycles. The topological polar surface area (TPSA) is 64.1 Å². The molecule has 0 bridgehead atoms. The number of likely N-dealkylation sites (N-methyl/N-ethyl adjacent to an activating group) is 1. The Morgan fingerprint density at radius 1 is 1.15 bits per heavy atom. The summed E-state index contributed by atoms with van der Waals surface area (Å²) in [6.07, 6.45) is 3.77. The van der Waals surface area contributed by atoms with E-state index in [1.54, 1.807) is 0 Å². The molecular weight excluding hydrogens is 354 g/mol. The molecule has 0 spiro atoms. The van der Waals surface area contributed by atoms with E-state index in [-0.39, 0.29) is 36.9 Å². The van der Waals surface area contributed by atoms with E-state index in [0.29, 0.717) is 0 Å². The molecule has 7 heteroatoms. The number of benzene rings is 1. The van der Waals surface area contributed by atoms with E-state index < -0.39 is 5.97 Å². The van der Waals surface area contributed by atoms with Crippen molar-refractivity contribution in [3.8, 4) is 0 Å². The first-order valence-corrected chi connectivity index (χ1v) is 9.09. The maximum Gasteiger partial charge on any atom is 0.317 e. The van der Waals surface area contributed by atoms with Crippen molar-refractivity contribution in [2.24, 2.45) is 0 Å². The fourth-order valence-electron chi connectivity index (χ4n) is 4.06. The van der Waals surface area contributed by atoms with Crippen LogP contribution in [-0.4, -0.2) is 72.1 Å². The second kappa shape index (κ2) is 9.35. The molecule has 2 fully saturated rings. The van der Waals surface area contributed by atoms with Gasteiger partial charge in [-0.2, -0.15) is 0 Å². The molecule has 3 rings (SSSR count). The van der Waals surface area contributed by atoms with Crippen LogP contribution >= 0.6 is 12.4 Å². The number of nitrogens with zero attached hydrogens (tertiary/aromatic N) is 3. The highest BCUT2D eigenvalue weighted by Gasteiger charge is 2.37. The van der Waals surface area contributed by atoms with Crippen LogP contribution in [-0.2, 0) is 9.59 Å². The van der Waals surface area contributed by atoms with Gasteiger partial charge in [0.25, 0.3) is 0 Å². The van der Waals surface area contributed by atoms with Gasteiger partial charge in [0.1, 0.15) is 0 Å². The van der Waals surface area contributed by atoms with Crippen LogP contribution < -0.4 is 4.90 Å². The standard InChI is InChI=1S/C19H27N3O3.ClH/c1-20(14-18(23)24)15-8-5-11-21(12-9-15)17-10-13-22(19(17)25)16-6-3-2-4-7-16;/h2-4,6-7,15,17H,5,8-14H2,1H3,(H,23,24);1H. The average molecular weight is 382 g/mol. The van der Waals surface area contributed by atoms with Crippen molar-refractivity contribution < 1.29 is 14.7 Å². The molecule has 2 aliphatic rings. The Labute approximate surface area is 161 Å². The third kappa shape index (κ3) is 4.75. The molecule has 2 aliphatic heterocycles. The number of aliphatic carboxylic acids is 1. The summed E-state index contributed by atoms with van der Waals surface area (Å²) in [7, 11) is 1.88. The summed E-state index contributed by atoms with van der Waals surface area (Å²) in [6, 6.07) is 10.1. The van der Waals surface area contributed by atoms with E-state index in [2.05, 4.69) is 4.90 Å². The van der Waals surface area contributed by atoms with Crippen LogP contribution in [0.25, 0.3) is 0 Å². The Hall–Kier alpha value is -1.63. The van der Waals surface area contributed by atoms with E-state index in [9.17, 15) is 9.59 Å². The molecular formula is C19H28ClN3O3. The largest absolute Gasteiger partial charge is 0.480 e. The lowest BCUT2D eigenvalue weighted by atomic mass is 10.1. The molecule has 0 aromatic heterocycles. The first-order chi connectivity index (χ1) is 12.1. The van der Waals surface area contributed by atoms with Crippen molar-refractivity contribution in [3.05, 3.63) is 30.3 Å². The summed E-state index contributed by atoms with van der Waals surface area (Å²) in [5, 5.41) is 8.98.